The predicted molar refractivity (Wildman–Crippen MR) is 103 cm³/mol. The highest BCUT2D eigenvalue weighted by atomic mass is 16.5. The summed E-state index contributed by atoms with van der Waals surface area (Å²) in [7, 11) is 0. The van der Waals surface area contributed by atoms with Crippen molar-refractivity contribution in [1.29, 1.82) is 0 Å². The van der Waals surface area contributed by atoms with Crippen LogP contribution in [0.4, 0.5) is 5.69 Å². The van der Waals surface area contributed by atoms with Crippen molar-refractivity contribution in [3.63, 3.8) is 0 Å². The fourth-order valence-electron chi connectivity index (χ4n) is 2.94. The maximum Gasteiger partial charge on any atom is 0.336 e. The van der Waals surface area contributed by atoms with Gasteiger partial charge in [-0.15, -0.1) is 0 Å². The number of amides is 1. The highest BCUT2D eigenvalue weighted by Gasteiger charge is 2.09. The molecule has 0 spiro atoms. The minimum absolute atomic E-state index is 0.168. The maximum atomic E-state index is 12.3. The van der Waals surface area contributed by atoms with E-state index in [1.165, 1.54) is 6.07 Å². The average Bonchev–Trinajstić information content (AvgIpc) is 2.66. The van der Waals surface area contributed by atoms with Crippen LogP contribution in [0.25, 0.3) is 21.9 Å². The van der Waals surface area contributed by atoms with Gasteiger partial charge in [-0.2, -0.15) is 0 Å². The molecule has 0 bridgehead atoms. The van der Waals surface area contributed by atoms with E-state index in [2.05, 4.69) is 10.3 Å². The average molecular weight is 360 g/mol. The van der Waals surface area contributed by atoms with Gasteiger partial charge in [0.15, 0.2) is 6.61 Å². The lowest BCUT2D eigenvalue weighted by atomic mass is 10.1. The van der Waals surface area contributed by atoms with Gasteiger partial charge in [0.1, 0.15) is 11.3 Å². The van der Waals surface area contributed by atoms with Crippen LogP contribution in [0.1, 0.15) is 5.56 Å². The van der Waals surface area contributed by atoms with Crippen molar-refractivity contribution in [2.24, 2.45) is 0 Å². The lowest BCUT2D eigenvalue weighted by Crippen LogP contribution is -2.20. The second-order valence-corrected chi connectivity index (χ2v) is 6.12. The summed E-state index contributed by atoms with van der Waals surface area (Å²) in [6, 6.07) is 15.8. The molecule has 0 atom stereocenters. The van der Waals surface area contributed by atoms with Crippen molar-refractivity contribution >= 4 is 33.5 Å². The number of benzene rings is 2. The Kier molecular flexibility index (Phi) is 4.30. The quantitative estimate of drug-likeness (QED) is 0.562. The van der Waals surface area contributed by atoms with Crippen molar-refractivity contribution in [2.75, 3.05) is 11.9 Å². The molecular weight excluding hydrogens is 344 g/mol. The van der Waals surface area contributed by atoms with E-state index in [0.717, 1.165) is 21.9 Å². The molecule has 1 amide bonds. The topological polar surface area (TPSA) is 81.4 Å². The van der Waals surface area contributed by atoms with Crippen LogP contribution in [-0.4, -0.2) is 17.5 Å². The zero-order valence-electron chi connectivity index (χ0n) is 14.6. The molecular formula is C21H16N2O4. The molecule has 4 aromatic rings. The number of ether oxygens (including phenoxy) is 1. The summed E-state index contributed by atoms with van der Waals surface area (Å²) >= 11 is 0. The minimum Gasteiger partial charge on any atom is -0.484 e. The second-order valence-electron chi connectivity index (χ2n) is 6.12. The van der Waals surface area contributed by atoms with Gasteiger partial charge in [-0.05, 0) is 48.9 Å². The lowest BCUT2D eigenvalue weighted by Gasteiger charge is -2.10. The van der Waals surface area contributed by atoms with Crippen molar-refractivity contribution in [3.05, 3.63) is 76.8 Å². The summed E-state index contributed by atoms with van der Waals surface area (Å²) in [6.45, 7) is 1.67. The zero-order chi connectivity index (χ0) is 18.8. The predicted octanol–water partition coefficient (Wildman–Crippen LogP) is 3.67. The number of aromatic nitrogens is 1. The van der Waals surface area contributed by atoms with Crippen LogP contribution in [0.5, 0.6) is 5.75 Å². The molecule has 0 radical (unpaired) electrons. The molecule has 0 unspecified atom stereocenters. The fraction of sp³-hybridized carbons (Fsp3) is 0.0952. The third-order valence-electron chi connectivity index (χ3n) is 4.21. The van der Waals surface area contributed by atoms with E-state index in [-0.39, 0.29) is 12.5 Å². The molecule has 2 aromatic heterocycles. The SMILES string of the molecule is Cc1cc(=O)oc2cc(OCC(=O)Nc3cccc4ncccc34)ccc12. The van der Waals surface area contributed by atoms with Crippen molar-refractivity contribution < 1.29 is 13.9 Å². The molecule has 134 valence electrons. The number of hydrogen-bond acceptors (Lipinski definition) is 5. The normalized spacial score (nSPS) is 10.9. The van der Waals surface area contributed by atoms with Crippen molar-refractivity contribution in [1.82, 2.24) is 4.98 Å². The van der Waals surface area contributed by atoms with Gasteiger partial charge in [0, 0.05) is 29.1 Å². The molecule has 0 aliphatic carbocycles. The first-order valence-corrected chi connectivity index (χ1v) is 8.41. The third-order valence-corrected chi connectivity index (χ3v) is 4.21. The molecule has 27 heavy (non-hydrogen) atoms. The smallest absolute Gasteiger partial charge is 0.336 e. The van der Waals surface area contributed by atoms with Gasteiger partial charge in [-0.3, -0.25) is 9.78 Å². The van der Waals surface area contributed by atoms with E-state index in [4.69, 9.17) is 9.15 Å². The summed E-state index contributed by atoms with van der Waals surface area (Å²) in [5.74, 6) is 0.156. The molecule has 2 heterocycles. The van der Waals surface area contributed by atoms with Crippen LogP contribution in [0.3, 0.4) is 0 Å². The number of fused-ring (bicyclic) bond motifs is 2. The molecule has 6 nitrogen and oxygen atoms in total. The molecule has 2 aromatic carbocycles. The number of anilines is 1. The van der Waals surface area contributed by atoms with E-state index in [1.807, 2.05) is 37.3 Å². The Bertz CT molecular complexity index is 1210. The molecule has 1 N–H and O–H groups in total. The first-order chi connectivity index (χ1) is 13.1. The van der Waals surface area contributed by atoms with E-state index < -0.39 is 5.63 Å². The molecule has 4 rings (SSSR count). The van der Waals surface area contributed by atoms with Crippen LogP contribution in [-0.2, 0) is 4.79 Å². The Morgan fingerprint density at radius 2 is 2.00 bits per heavy atom. The van der Waals surface area contributed by atoms with Gasteiger partial charge >= 0.3 is 5.63 Å². The number of hydrogen-bond donors (Lipinski definition) is 1. The van der Waals surface area contributed by atoms with E-state index in [1.54, 1.807) is 24.4 Å². The maximum absolute atomic E-state index is 12.3. The number of aryl methyl sites for hydroxylation is 1. The van der Waals surface area contributed by atoms with E-state index >= 15 is 0 Å². The Hall–Kier alpha value is -3.67. The standard InChI is InChI=1S/C21H16N2O4/c1-13-10-21(25)27-19-11-14(7-8-15(13)19)26-12-20(24)23-18-6-2-5-17-16(18)4-3-9-22-17/h2-11H,12H2,1H3,(H,23,24). The van der Waals surface area contributed by atoms with Gasteiger partial charge in [-0.25, -0.2) is 4.79 Å². The summed E-state index contributed by atoms with van der Waals surface area (Å²) in [5, 5.41) is 4.52. The van der Waals surface area contributed by atoms with Crippen LogP contribution in [0.2, 0.25) is 0 Å². The number of nitrogens with zero attached hydrogens (tertiary/aromatic N) is 1. The number of rotatable bonds is 4. The Morgan fingerprint density at radius 1 is 1.11 bits per heavy atom. The first kappa shape index (κ1) is 16.8. The zero-order valence-corrected chi connectivity index (χ0v) is 14.6. The van der Waals surface area contributed by atoms with Crippen LogP contribution in [0.15, 0.2) is 70.0 Å². The van der Waals surface area contributed by atoms with Gasteiger partial charge in [0.25, 0.3) is 5.91 Å². The summed E-state index contributed by atoms with van der Waals surface area (Å²) in [4.78, 5) is 28.1. The number of pyridine rings is 1. The molecule has 6 heteroatoms. The first-order valence-electron chi connectivity index (χ1n) is 8.41. The molecule has 0 fully saturated rings. The molecule has 0 saturated carbocycles. The monoisotopic (exact) mass is 360 g/mol. The van der Waals surface area contributed by atoms with E-state index in [9.17, 15) is 9.59 Å². The van der Waals surface area contributed by atoms with Gasteiger partial charge < -0.3 is 14.5 Å². The molecule has 0 aliphatic rings. The summed E-state index contributed by atoms with van der Waals surface area (Å²) in [5.41, 5.74) is 2.32. The largest absolute Gasteiger partial charge is 0.484 e. The van der Waals surface area contributed by atoms with Gasteiger partial charge in [0.05, 0.1) is 11.2 Å². The fourth-order valence-corrected chi connectivity index (χ4v) is 2.94. The van der Waals surface area contributed by atoms with Crippen LogP contribution >= 0.6 is 0 Å². The minimum atomic E-state index is -0.417. The Labute approximate surface area is 154 Å². The highest BCUT2D eigenvalue weighted by molar-refractivity contribution is 6.01. The summed E-state index contributed by atoms with van der Waals surface area (Å²) < 4.78 is 10.7. The molecule has 0 aliphatic heterocycles. The summed E-state index contributed by atoms with van der Waals surface area (Å²) in [6.07, 6.45) is 1.71. The number of nitrogens with one attached hydrogen (secondary N) is 1. The number of carbonyl (C=O) groups excluding carboxylic acids is 1. The Morgan fingerprint density at radius 3 is 2.89 bits per heavy atom. The molecule has 0 saturated heterocycles. The second kappa shape index (κ2) is 6.92. The van der Waals surface area contributed by atoms with Crippen LogP contribution in [0, 0.1) is 6.92 Å². The number of carbonyl (C=O) groups is 1. The highest BCUT2D eigenvalue weighted by Crippen LogP contribution is 2.23. The van der Waals surface area contributed by atoms with Crippen molar-refractivity contribution in [3.8, 4) is 5.75 Å². The van der Waals surface area contributed by atoms with Gasteiger partial charge in [-0.1, -0.05) is 6.07 Å². The lowest BCUT2D eigenvalue weighted by molar-refractivity contribution is -0.118. The Balaban J connectivity index is 1.49. The van der Waals surface area contributed by atoms with Crippen molar-refractivity contribution in [2.45, 2.75) is 6.92 Å². The third kappa shape index (κ3) is 3.50. The van der Waals surface area contributed by atoms with E-state index in [0.29, 0.717) is 17.0 Å². The van der Waals surface area contributed by atoms with Crippen LogP contribution < -0.4 is 15.7 Å². The van der Waals surface area contributed by atoms with Gasteiger partial charge in [0.2, 0.25) is 0 Å².